The van der Waals surface area contributed by atoms with Gasteiger partial charge in [-0.3, -0.25) is 14.9 Å². The molecule has 1 fully saturated rings. The van der Waals surface area contributed by atoms with Gasteiger partial charge >= 0.3 is 6.03 Å². The Balaban J connectivity index is 1.86. The molecule has 1 saturated heterocycles. The maximum absolute atomic E-state index is 12.7. The highest BCUT2D eigenvalue weighted by Crippen LogP contribution is 2.22. The van der Waals surface area contributed by atoms with Gasteiger partial charge in [-0.25, -0.2) is 9.69 Å². The lowest BCUT2D eigenvalue weighted by Gasteiger charge is -2.26. The highest BCUT2D eigenvalue weighted by molar-refractivity contribution is 6.39. The number of aliphatic carboxylic acids is 1. The number of carbonyl (C=O) groups is 4. The number of hydrogen-bond donors (Lipinski definition) is 1. The molecule has 27 heavy (non-hydrogen) atoms. The average molecular weight is 365 g/mol. The molecule has 0 radical (unpaired) electrons. The smallest absolute Gasteiger partial charge is 0.335 e. The highest BCUT2D eigenvalue weighted by atomic mass is 16.5. The standard InChI is InChI=1S/C19H14N2O6/c22-16(23)11-27-14-8-6-12(7-9-14)10-15-17(24)20-19(26)21(18(15)25)13-4-2-1-3-5-13/h1-10H,11H2,(H,22,23)(H,20,24,26)/p-1/b15-10-. The van der Waals surface area contributed by atoms with Gasteiger partial charge in [0.05, 0.1) is 11.7 Å². The minimum Gasteiger partial charge on any atom is -0.546 e. The molecule has 2 aromatic carbocycles. The summed E-state index contributed by atoms with van der Waals surface area (Å²) in [4.78, 5) is 48.1. The molecule has 3 rings (SSSR count). The second-order valence-corrected chi connectivity index (χ2v) is 5.52. The minimum absolute atomic E-state index is 0.207. The Morgan fingerprint density at radius 2 is 1.70 bits per heavy atom. The number of nitrogens with one attached hydrogen (secondary N) is 1. The lowest BCUT2D eigenvalue weighted by molar-refractivity contribution is -0.307. The number of rotatable bonds is 5. The Morgan fingerprint density at radius 1 is 1.04 bits per heavy atom. The third kappa shape index (κ3) is 4.01. The first kappa shape index (κ1) is 17.9. The number of hydrogen-bond acceptors (Lipinski definition) is 6. The summed E-state index contributed by atoms with van der Waals surface area (Å²) in [6.07, 6.45) is 1.34. The van der Waals surface area contributed by atoms with Gasteiger partial charge in [0.2, 0.25) is 0 Å². The largest absolute Gasteiger partial charge is 0.546 e. The van der Waals surface area contributed by atoms with E-state index < -0.39 is 30.4 Å². The van der Waals surface area contributed by atoms with E-state index in [1.807, 2.05) is 0 Å². The number of carboxylic acids is 1. The SMILES string of the molecule is O=C([O-])COc1ccc(/C=C2/C(=O)NC(=O)N(c3ccccc3)C2=O)cc1. The fourth-order valence-corrected chi connectivity index (χ4v) is 2.44. The predicted molar refractivity (Wildman–Crippen MR) is 92.4 cm³/mol. The summed E-state index contributed by atoms with van der Waals surface area (Å²) in [5.41, 5.74) is 0.628. The minimum atomic E-state index is -1.35. The number of anilines is 1. The fourth-order valence-electron chi connectivity index (χ4n) is 2.44. The van der Waals surface area contributed by atoms with Crippen molar-refractivity contribution < 1.29 is 29.0 Å². The Hall–Kier alpha value is -3.94. The molecule has 0 bridgehead atoms. The van der Waals surface area contributed by atoms with Gasteiger partial charge in [-0.15, -0.1) is 0 Å². The molecule has 0 spiro atoms. The van der Waals surface area contributed by atoms with Crippen molar-refractivity contribution in [3.8, 4) is 5.75 Å². The summed E-state index contributed by atoms with van der Waals surface area (Å²) in [5, 5.41) is 12.5. The van der Waals surface area contributed by atoms with E-state index in [1.54, 1.807) is 42.5 Å². The van der Waals surface area contributed by atoms with Crippen LogP contribution in [-0.4, -0.2) is 30.4 Å². The number of barbiturate groups is 1. The molecule has 1 aliphatic rings. The molecule has 1 aliphatic heterocycles. The van der Waals surface area contributed by atoms with Crippen LogP contribution in [0.1, 0.15) is 5.56 Å². The summed E-state index contributed by atoms with van der Waals surface area (Å²) in [6, 6.07) is 13.5. The quantitative estimate of drug-likeness (QED) is 0.609. The van der Waals surface area contributed by atoms with Gasteiger partial charge in [0, 0.05) is 0 Å². The van der Waals surface area contributed by atoms with Crippen LogP contribution >= 0.6 is 0 Å². The second-order valence-electron chi connectivity index (χ2n) is 5.52. The van der Waals surface area contributed by atoms with Crippen LogP contribution in [0.2, 0.25) is 0 Å². The molecule has 2 aromatic rings. The van der Waals surface area contributed by atoms with Crippen molar-refractivity contribution in [2.24, 2.45) is 0 Å². The van der Waals surface area contributed by atoms with Crippen molar-refractivity contribution in [2.75, 3.05) is 11.5 Å². The maximum atomic E-state index is 12.7. The number of imide groups is 2. The van der Waals surface area contributed by atoms with E-state index in [0.29, 0.717) is 17.0 Å². The number of amides is 4. The molecule has 1 N–H and O–H groups in total. The average Bonchev–Trinajstić information content (AvgIpc) is 2.65. The normalized spacial score (nSPS) is 15.6. The lowest BCUT2D eigenvalue weighted by atomic mass is 10.1. The van der Waals surface area contributed by atoms with E-state index in [1.165, 1.54) is 18.2 Å². The number of ether oxygens (including phenoxy) is 1. The van der Waals surface area contributed by atoms with Crippen molar-refractivity contribution in [3.63, 3.8) is 0 Å². The lowest BCUT2D eigenvalue weighted by Crippen LogP contribution is -2.54. The van der Waals surface area contributed by atoms with Gasteiger partial charge in [-0.1, -0.05) is 30.3 Å². The molecule has 4 amide bonds. The fraction of sp³-hybridized carbons (Fsp3) is 0.0526. The summed E-state index contributed by atoms with van der Waals surface area (Å²) in [6.45, 7) is -0.588. The molecule has 0 saturated carbocycles. The van der Waals surface area contributed by atoms with Gasteiger partial charge in [0.25, 0.3) is 11.8 Å². The van der Waals surface area contributed by atoms with Crippen molar-refractivity contribution in [1.29, 1.82) is 0 Å². The number of para-hydroxylation sites is 1. The van der Waals surface area contributed by atoms with Gasteiger partial charge in [0.1, 0.15) is 17.9 Å². The van der Waals surface area contributed by atoms with Gasteiger partial charge in [0.15, 0.2) is 0 Å². The van der Waals surface area contributed by atoms with Gasteiger partial charge in [-0.2, -0.15) is 0 Å². The third-order valence-electron chi connectivity index (χ3n) is 3.66. The van der Waals surface area contributed by atoms with Gasteiger partial charge in [-0.05, 0) is 35.9 Å². The zero-order chi connectivity index (χ0) is 19.4. The van der Waals surface area contributed by atoms with Crippen LogP contribution < -0.4 is 20.1 Å². The first-order valence-corrected chi connectivity index (χ1v) is 7.85. The molecule has 8 heteroatoms. The number of carboxylic acid groups (broad SMARTS) is 1. The highest BCUT2D eigenvalue weighted by Gasteiger charge is 2.36. The molecule has 0 aromatic heterocycles. The summed E-state index contributed by atoms with van der Waals surface area (Å²) in [5.74, 6) is -2.60. The van der Waals surface area contributed by atoms with Crippen LogP contribution in [0.25, 0.3) is 6.08 Å². The van der Waals surface area contributed by atoms with Crippen LogP contribution in [0.15, 0.2) is 60.2 Å². The van der Waals surface area contributed by atoms with Crippen molar-refractivity contribution in [1.82, 2.24) is 5.32 Å². The molecular formula is C19H13N2O6-. The summed E-state index contributed by atoms with van der Waals surface area (Å²) in [7, 11) is 0. The van der Waals surface area contributed by atoms with Crippen LogP contribution in [-0.2, 0) is 14.4 Å². The number of benzene rings is 2. The van der Waals surface area contributed by atoms with Crippen LogP contribution in [0.4, 0.5) is 10.5 Å². The van der Waals surface area contributed by atoms with Crippen LogP contribution in [0.5, 0.6) is 5.75 Å². The van der Waals surface area contributed by atoms with Gasteiger partial charge < -0.3 is 14.6 Å². The predicted octanol–water partition coefficient (Wildman–Crippen LogP) is 0.482. The van der Waals surface area contributed by atoms with E-state index in [9.17, 15) is 24.3 Å². The first-order valence-electron chi connectivity index (χ1n) is 7.85. The van der Waals surface area contributed by atoms with E-state index >= 15 is 0 Å². The molecule has 1 heterocycles. The molecule has 8 nitrogen and oxygen atoms in total. The molecule has 0 atom stereocenters. The first-order chi connectivity index (χ1) is 13.0. The Kier molecular flexibility index (Phi) is 4.98. The Bertz CT molecular complexity index is 934. The molecule has 0 aliphatic carbocycles. The maximum Gasteiger partial charge on any atom is 0.335 e. The third-order valence-corrected chi connectivity index (χ3v) is 3.66. The van der Waals surface area contributed by atoms with Crippen LogP contribution in [0.3, 0.4) is 0 Å². The zero-order valence-electron chi connectivity index (χ0n) is 13.9. The second kappa shape index (κ2) is 7.52. The Labute approximate surface area is 153 Å². The monoisotopic (exact) mass is 365 g/mol. The molecule has 0 unspecified atom stereocenters. The van der Waals surface area contributed by atoms with Crippen molar-refractivity contribution >= 4 is 35.6 Å². The summed E-state index contributed by atoms with van der Waals surface area (Å²) >= 11 is 0. The van der Waals surface area contributed by atoms with E-state index in [-0.39, 0.29) is 5.57 Å². The van der Waals surface area contributed by atoms with Crippen LogP contribution in [0, 0.1) is 0 Å². The molecular weight excluding hydrogens is 352 g/mol. The van der Waals surface area contributed by atoms with Crippen molar-refractivity contribution in [2.45, 2.75) is 0 Å². The van der Waals surface area contributed by atoms with E-state index in [2.05, 4.69) is 5.32 Å². The number of carbonyl (C=O) groups excluding carboxylic acids is 4. The zero-order valence-corrected chi connectivity index (χ0v) is 13.9. The summed E-state index contributed by atoms with van der Waals surface area (Å²) < 4.78 is 4.96. The Morgan fingerprint density at radius 3 is 2.33 bits per heavy atom. The number of nitrogens with zero attached hydrogens (tertiary/aromatic N) is 1. The molecule has 136 valence electrons. The van der Waals surface area contributed by atoms with E-state index in [0.717, 1.165) is 4.90 Å². The van der Waals surface area contributed by atoms with E-state index in [4.69, 9.17) is 4.74 Å². The topological polar surface area (TPSA) is 116 Å². The number of urea groups is 1. The van der Waals surface area contributed by atoms with Crippen molar-refractivity contribution in [3.05, 3.63) is 65.7 Å².